The fourth-order valence-electron chi connectivity index (χ4n) is 1.60. The van der Waals surface area contributed by atoms with Gasteiger partial charge in [0, 0.05) is 11.4 Å². The number of sulfonamides is 1. The molecule has 1 unspecified atom stereocenters. The van der Waals surface area contributed by atoms with Gasteiger partial charge in [-0.25, -0.2) is 13.1 Å². The van der Waals surface area contributed by atoms with E-state index in [1.807, 2.05) is 26.8 Å². The molecular weight excluding hydrogens is 270 g/mol. The molecule has 0 bridgehead atoms. The van der Waals surface area contributed by atoms with Gasteiger partial charge < -0.3 is 5.11 Å². The summed E-state index contributed by atoms with van der Waals surface area (Å²) in [6, 6.07) is 3.43. The van der Waals surface area contributed by atoms with Crippen LogP contribution in [0.25, 0.3) is 0 Å². The minimum Gasteiger partial charge on any atom is -0.392 e. The van der Waals surface area contributed by atoms with Crippen molar-refractivity contribution in [3.63, 3.8) is 0 Å². The topological polar surface area (TPSA) is 66.4 Å². The zero-order chi connectivity index (χ0) is 13.8. The lowest BCUT2D eigenvalue weighted by Crippen LogP contribution is -2.32. The molecule has 0 aliphatic rings. The molecule has 0 aliphatic heterocycles. The van der Waals surface area contributed by atoms with Crippen LogP contribution in [0.15, 0.2) is 16.3 Å². The molecule has 18 heavy (non-hydrogen) atoms. The first-order chi connectivity index (χ1) is 8.35. The molecule has 0 aromatic carbocycles. The predicted molar refractivity (Wildman–Crippen MR) is 74.3 cm³/mol. The highest BCUT2D eigenvalue weighted by Gasteiger charge is 2.18. The molecule has 1 atom stereocenters. The van der Waals surface area contributed by atoms with Gasteiger partial charge in [0.25, 0.3) is 0 Å². The first-order valence-corrected chi connectivity index (χ1v) is 8.41. The van der Waals surface area contributed by atoms with Gasteiger partial charge >= 0.3 is 0 Å². The van der Waals surface area contributed by atoms with Crippen LogP contribution < -0.4 is 4.72 Å². The minimum atomic E-state index is -3.47. The van der Waals surface area contributed by atoms with Crippen LogP contribution in [0.3, 0.4) is 0 Å². The van der Waals surface area contributed by atoms with E-state index in [1.54, 1.807) is 6.07 Å². The molecular formula is C12H21NO3S2. The Kier molecular flexibility index (Phi) is 5.78. The van der Waals surface area contributed by atoms with Gasteiger partial charge in [-0.15, -0.1) is 11.3 Å². The molecule has 0 saturated carbocycles. The van der Waals surface area contributed by atoms with Crippen LogP contribution in [-0.4, -0.2) is 26.2 Å². The minimum absolute atomic E-state index is 0.0693. The van der Waals surface area contributed by atoms with Crippen molar-refractivity contribution >= 4 is 21.4 Å². The summed E-state index contributed by atoms with van der Waals surface area (Å²) in [6.45, 7) is 6.04. The maximum Gasteiger partial charge on any atom is 0.250 e. The number of aliphatic hydroxyl groups is 1. The molecule has 0 spiro atoms. The molecule has 0 saturated heterocycles. The first-order valence-electron chi connectivity index (χ1n) is 6.11. The van der Waals surface area contributed by atoms with Crippen molar-refractivity contribution in [2.24, 2.45) is 5.92 Å². The van der Waals surface area contributed by atoms with Gasteiger partial charge in [-0.1, -0.05) is 20.8 Å². The average molecular weight is 291 g/mol. The highest BCUT2D eigenvalue weighted by atomic mass is 32.2. The Morgan fingerprint density at radius 3 is 2.56 bits per heavy atom. The second-order valence-electron chi connectivity index (χ2n) is 4.71. The summed E-state index contributed by atoms with van der Waals surface area (Å²) >= 11 is 1.27. The highest BCUT2D eigenvalue weighted by molar-refractivity contribution is 7.91. The van der Waals surface area contributed by atoms with Crippen LogP contribution in [0.5, 0.6) is 0 Å². The number of aliphatic hydroxyl groups excluding tert-OH is 1. The number of hydrogen-bond donors (Lipinski definition) is 2. The van der Waals surface area contributed by atoms with Crippen LogP contribution in [0.2, 0.25) is 0 Å². The molecule has 0 aliphatic carbocycles. The standard InChI is InChI=1S/C12H21NO3S2/c1-4-11-5-6-12(17-11)18(15,16)13-8-10(14)7-9(2)3/h5-6,9-10,13-14H,4,7-8H2,1-3H3. The Bertz CT molecular complexity index is 465. The summed E-state index contributed by atoms with van der Waals surface area (Å²) in [7, 11) is -3.47. The van der Waals surface area contributed by atoms with Crippen molar-refractivity contribution in [2.75, 3.05) is 6.54 Å². The summed E-state index contributed by atoms with van der Waals surface area (Å²) in [4.78, 5) is 1.04. The largest absolute Gasteiger partial charge is 0.392 e. The Labute approximate surface area is 113 Å². The van der Waals surface area contributed by atoms with Gasteiger partial charge in [0.1, 0.15) is 4.21 Å². The second-order valence-corrected chi connectivity index (χ2v) is 7.87. The van der Waals surface area contributed by atoms with E-state index in [0.29, 0.717) is 16.5 Å². The number of aryl methyl sites for hydroxylation is 1. The summed E-state index contributed by atoms with van der Waals surface area (Å²) in [5.41, 5.74) is 0. The molecule has 1 heterocycles. The predicted octanol–water partition coefficient (Wildman–Crippen LogP) is 2.00. The van der Waals surface area contributed by atoms with E-state index < -0.39 is 16.1 Å². The van der Waals surface area contributed by atoms with Crippen LogP contribution in [0.1, 0.15) is 32.1 Å². The monoisotopic (exact) mass is 291 g/mol. The van der Waals surface area contributed by atoms with Gasteiger partial charge in [-0.2, -0.15) is 0 Å². The number of hydrogen-bond acceptors (Lipinski definition) is 4. The van der Waals surface area contributed by atoms with Crippen LogP contribution in [0, 0.1) is 5.92 Å². The van der Waals surface area contributed by atoms with Gasteiger partial charge in [-0.05, 0) is 30.9 Å². The lowest BCUT2D eigenvalue weighted by molar-refractivity contribution is 0.152. The van der Waals surface area contributed by atoms with E-state index in [9.17, 15) is 13.5 Å². The molecule has 1 aromatic rings. The third-order valence-electron chi connectivity index (χ3n) is 2.50. The van der Waals surface area contributed by atoms with E-state index in [4.69, 9.17) is 0 Å². The van der Waals surface area contributed by atoms with E-state index in [2.05, 4.69) is 4.72 Å². The Morgan fingerprint density at radius 1 is 1.39 bits per heavy atom. The molecule has 0 fully saturated rings. The fourth-order valence-corrected chi connectivity index (χ4v) is 4.01. The Balaban J connectivity index is 2.59. The summed E-state index contributed by atoms with van der Waals surface area (Å²) in [5, 5.41) is 9.66. The summed E-state index contributed by atoms with van der Waals surface area (Å²) in [6.07, 6.45) is 0.786. The van der Waals surface area contributed by atoms with Crippen molar-refractivity contribution in [2.45, 2.75) is 43.9 Å². The molecule has 0 radical (unpaired) electrons. The third-order valence-corrected chi connectivity index (χ3v) is 5.65. The lowest BCUT2D eigenvalue weighted by atomic mass is 10.1. The first kappa shape index (κ1) is 15.6. The summed E-state index contributed by atoms with van der Waals surface area (Å²) < 4.78 is 26.6. The van der Waals surface area contributed by atoms with Gasteiger partial charge in [-0.3, -0.25) is 0 Å². The molecule has 1 aromatic heterocycles. The van der Waals surface area contributed by atoms with E-state index >= 15 is 0 Å². The smallest absolute Gasteiger partial charge is 0.250 e. The van der Waals surface area contributed by atoms with E-state index in [0.717, 1.165) is 11.3 Å². The number of nitrogens with one attached hydrogen (secondary N) is 1. The zero-order valence-corrected chi connectivity index (χ0v) is 12.6. The second kappa shape index (κ2) is 6.65. The highest BCUT2D eigenvalue weighted by Crippen LogP contribution is 2.21. The molecule has 104 valence electrons. The molecule has 2 N–H and O–H groups in total. The lowest BCUT2D eigenvalue weighted by Gasteiger charge is -2.13. The van der Waals surface area contributed by atoms with Crippen molar-refractivity contribution in [3.8, 4) is 0 Å². The van der Waals surface area contributed by atoms with Gasteiger partial charge in [0.05, 0.1) is 6.10 Å². The fraction of sp³-hybridized carbons (Fsp3) is 0.667. The van der Waals surface area contributed by atoms with Gasteiger partial charge in [0.2, 0.25) is 10.0 Å². The average Bonchev–Trinajstić information content (AvgIpc) is 2.75. The normalized spacial score (nSPS) is 14.1. The number of thiophene rings is 1. The summed E-state index contributed by atoms with van der Waals surface area (Å²) in [5.74, 6) is 0.345. The maximum absolute atomic E-state index is 11.9. The Morgan fingerprint density at radius 2 is 2.06 bits per heavy atom. The van der Waals surface area contributed by atoms with Crippen LogP contribution in [-0.2, 0) is 16.4 Å². The molecule has 1 rings (SSSR count). The Hall–Kier alpha value is -0.430. The molecule has 4 nitrogen and oxygen atoms in total. The molecule has 0 amide bonds. The van der Waals surface area contributed by atoms with E-state index in [-0.39, 0.29) is 6.54 Å². The zero-order valence-electron chi connectivity index (χ0n) is 11.0. The van der Waals surface area contributed by atoms with Gasteiger partial charge in [0.15, 0.2) is 0 Å². The van der Waals surface area contributed by atoms with E-state index in [1.165, 1.54) is 11.3 Å². The maximum atomic E-state index is 11.9. The van der Waals surface area contributed by atoms with Crippen LogP contribution in [0.4, 0.5) is 0 Å². The van der Waals surface area contributed by atoms with Crippen molar-refractivity contribution in [1.82, 2.24) is 4.72 Å². The quantitative estimate of drug-likeness (QED) is 0.807. The van der Waals surface area contributed by atoms with Crippen LogP contribution >= 0.6 is 11.3 Å². The van der Waals surface area contributed by atoms with Crippen molar-refractivity contribution < 1.29 is 13.5 Å². The third kappa shape index (κ3) is 4.68. The van der Waals surface area contributed by atoms with Crippen molar-refractivity contribution in [3.05, 3.63) is 17.0 Å². The SMILES string of the molecule is CCc1ccc(S(=O)(=O)NCC(O)CC(C)C)s1. The van der Waals surface area contributed by atoms with Crippen molar-refractivity contribution in [1.29, 1.82) is 0 Å². The molecule has 6 heteroatoms. The number of rotatable bonds is 7.